The number of fused-ring (bicyclic) bond motifs is 1. The van der Waals surface area contributed by atoms with Crippen molar-refractivity contribution < 1.29 is 9.90 Å². The van der Waals surface area contributed by atoms with Crippen LogP contribution in [0.5, 0.6) is 0 Å². The van der Waals surface area contributed by atoms with Crippen molar-refractivity contribution in [1.82, 2.24) is 0 Å². The summed E-state index contributed by atoms with van der Waals surface area (Å²) in [5.74, 6) is -0.250. The van der Waals surface area contributed by atoms with Crippen LogP contribution >= 0.6 is 11.6 Å². The highest BCUT2D eigenvalue weighted by atomic mass is 35.5. The number of ketones is 1. The molecule has 1 heterocycles. The molecule has 4 heteroatoms. The molecule has 0 saturated carbocycles. The first-order valence-electron chi connectivity index (χ1n) is 6.94. The van der Waals surface area contributed by atoms with E-state index in [-0.39, 0.29) is 5.78 Å². The van der Waals surface area contributed by atoms with E-state index in [0.29, 0.717) is 5.56 Å². The summed E-state index contributed by atoms with van der Waals surface area (Å²) in [7, 11) is 0. The molecule has 0 aliphatic carbocycles. The van der Waals surface area contributed by atoms with Crippen LogP contribution in [0.3, 0.4) is 0 Å². The summed E-state index contributed by atoms with van der Waals surface area (Å²) in [6.07, 6.45) is 1.04. The van der Waals surface area contributed by atoms with Gasteiger partial charge in [-0.15, -0.1) is 0 Å². The number of nitrogens with zero attached hydrogens (tertiary/aromatic N) is 1. The summed E-state index contributed by atoms with van der Waals surface area (Å²) < 4.78 is 0. The van der Waals surface area contributed by atoms with Crippen LogP contribution < -0.4 is 4.90 Å². The van der Waals surface area contributed by atoms with Crippen LogP contribution in [0.1, 0.15) is 21.5 Å². The fraction of sp³-hybridized carbons (Fsp3) is 0.235. The molecular weight excluding hydrogens is 286 g/mol. The molecule has 108 valence electrons. The van der Waals surface area contributed by atoms with E-state index in [9.17, 15) is 4.79 Å². The minimum absolute atomic E-state index is 0.250. The molecule has 21 heavy (non-hydrogen) atoms. The summed E-state index contributed by atoms with van der Waals surface area (Å²) in [4.78, 5) is 13.7. The van der Waals surface area contributed by atoms with Crippen LogP contribution in [-0.4, -0.2) is 24.0 Å². The molecule has 0 aromatic heterocycles. The summed E-state index contributed by atoms with van der Waals surface area (Å²) in [5.41, 5.74) is 4.20. The largest absolute Gasteiger partial charge is 0.388 e. The molecule has 1 aliphatic rings. The zero-order valence-corrected chi connectivity index (χ0v) is 12.3. The van der Waals surface area contributed by atoms with E-state index in [2.05, 4.69) is 11.0 Å². The van der Waals surface area contributed by atoms with Crippen LogP contribution in [-0.2, 0) is 13.0 Å². The van der Waals surface area contributed by atoms with E-state index < -0.39 is 6.61 Å². The number of aliphatic hydroxyl groups is 1. The number of halogens is 1. The van der Waals surface area contributed by atoms with Crippen molar-refractivity contribution in [3.05, 3.63) is 64.2 Å². The third-order valence-corrected chi connectivity index (χ3v) is 4.07. The molecule has 0 fully saturated rings. The van der Waals surface area contributed by atoms with Gasteiger partial charge < -0.3 is 10.0 Å². The van der Waals surface area contributed by atoms with Gasteiger partial charge in [0.05, 0.1) is 0 Å². The van der Waals surface area contributed by atoms with Gasteiger partial charge in [0.15, 0.2) is 5.78 Å². The summed E-state index contributed by atoms with van der Waals surface area (Å²) in [6.45, 7) is 1.32. The van der Waals surface area contributed by atoms with Crippen LogP contribution in [0, 0.1) is 0 Å². The minimum Gasteiger partial charge on any atom is -0.388 e. The highest BCUT2D eigenvalue weighted by Crippen LogP contribution is 2.31. The number of rotatable bonds is 4. The molecule has 1 N–H and O–H groups in total. The zero-order valence-electron chi connectivity index (χ0n) is 11.6. The third kappa shape index (κ3) is 2.94. The van der Waals surface area contributed by atoms with Crippen LogP contribution in [0.4, 0.5) is 5.69 Å². The van der Waals surface area contributed by atoms with Gasteiger partial charge in [-0.2, -0.15) is 0 Å². The molecule has 0 amide bonds. The van der Waals surface area contributed by atoms with Gasteiger partial charge in [0.1, 0.15) is 6.61 Å². The Morgan fingerprint density at radius 2 is 1.95 bits per heavy atom. The Kier molecular flexibility index (Phi) is 3.95. The third-order valence-electron chi connectivity index (χ3n) is 3.83. The Labute approximate surface area is 128 Å². The molecule has 2 aromatic rings. The van der Waals surface area contributed by atoms with E-state index in [1.54, 1.807) is 12.1 Å². The van der Waals surface area contributed by atoms with Gasteiger partial charge in [-0.25, -0.2) is 0 Å². The van der Waals surface area contributed by atoms with Crippen molar-refractivity contribution in [3.8, 4) is 0 Å². The van der Waals surface area contributed by atoms with Gasteiger partial charge >= 0.3 is 0 Å². The van der Waals surface area contributed by atoms with Crippen LogP contribution in [0.2, 0.25) is 5.02 Å². The number of hydrogen-bond acceptors (Lipinski definition) is 3. The Bertz CT molecular complexity index is 667. The number of anilines is 1. The predicted molar refractivity (Wildman–Crippen MR) is 84.1 cm³/mol. The van der Waals surface area contributed by atoms with Gasteiger partial charge in [0, 0.05) is 29.4 Å². The van der Waals surface area contributed by atoms with Crippen LogP contribution in [0.15, 0.2) is 42.5 Å². The Hall–Kier alpha value is -1.84. The Balaban J connectivity index is 1.77. The molecule has 0 atom stereocenters. The number of hydrogen-bond donors (Lipinski definition) is 1. The molecule has 0 spiro atoms. The first kappa shape index (κ1) is 14.1. The summed E-state index contributed by atoms with van der Waals surface area (Å²) in [6, 6.07) is 13.4. The van der Waals surface area contributed by atoms with Gasteiger partial charge in [-0.3, -0.25) is 4.79 Å². The first-order chi connectivity index (χ1) is 10.2. The van der Waals surface area contributed by atoms with Gasteiger partial charge in [0.25, 0.3) is 0 Å². The molecule has 3 nitrogen and oxygen atoms in total. The van der Waals surface area contributed by atoms with E-state index in [1.165, 1.54) is 11.3 Å². The van der Waals surface area contributed by atoms with Crippen molar-refractivity contribution in [3.63, 3.8) is 0 Å². The number of Topliss-reactive ketones (excluding diaryl/α,β-unsaturated/α-hetero) is 1. The maximum atomic E-state index is 11.4. The lowest BCUT2D eigenvalue weighted by Gasteiger charge is -2.19. The second kappa shape index (κ2) is 5.88. The topological polar surface area (TPSA) is 40.5 Å². The van der Waals surface area contributed by atoms with E-state index in [0.717, 1.165) is 30.1 Å². The smallest absolute Gasteiger partial charge is 0.188 e. The average Bonchev–Trinajstić information content (AvgIpc) is 2.89. The van der Waals surface area contributed by atoms with Crippen molar-refractivity contribution in [2.45, 2.75) is 13.0 Å². The number of carbonyl (C=O) groups is 1. The SMILES string of the molecule is O=C(CO)c1ccc(CN2CCc3ccc(Cl)cc32)cc1. The molecule has 0 radical (unpaired) electrons. The lowest BCUT2D eigenvalue weighted by atomic mass is 10.1. The highest BCUT2D eigenvalue weighted by molar-refractivity contribution is 6.30. The lowest BCUT2D eigenvalue weighted by Crippen LogP contribution is -2.19. The molecular formula is C17H16ClNO2. The van der Waals surface area contributed by atoms with Crippen molar-refractivity contribution in [2.24, 2.45) is 0 Å². The first-order valence-corrected chi connectivity index (χ1v) is 7.31. The van der Waals surface area contributed by atoms with Crippen molar-refractivity contribution in [1.29, 1.82) is 0 Å². The maximum absolute atomic E-state index is 11.4. The van der Waals surface area contributed by atoms with E-state index in [4.69, 9.17) is 16.7 Å². The molecule has 0 saturated heterocycles. The van der Waals surface area contributed by atoms with E-state index >= 15 is 0 Å². The predicted octanol–water partition coefficient (Wildman–Crippen LogP) is 3.08. The van der Waals surface area contributed by atoms with Gasteiger partial charge in [0.2, 0.25) is 0 Å². The molecule has 2 aromatic carbocycles. The Morgan fingerprint density at radius 1 is 1.19 bits per heavy atom. The average molecular weight is 302 g/mol. The van der Waals surface area contributed by atoms with Gasteiger partial charge in [-0.05, 0) is 29.7 Å². The van der Waals surface area contributed by atoms with Crippen molar-refractivity contribution >= 4 is 23.1 Å². The second-order valence-corrected chi connectivity index (χ2v) is 5.66. The van der Waals surface area contributed by atoms with Crippen molar-refractivity contribution in [2.75, 3.05) is 18.1 Å². The van der Waals surface area contributed by atoms with Gasteiger partial charge in [-0.1, -0.05) is 41.9 Å². The quantitative estimate of drug-likeness (QED) is 0.882. The molecule has 3 rings (SSSR count). The fourth-order valence-corrected chi connectivity index (χ4v) is 2.86. The normalized spacial score (nSPS) is 13.3. The zero-order chi connectivity index (χ0) is 14.8. The lowest BCUT2D eigenvalue weighted by molar-refractivity contribution is 0.0904. The maximum Gasteiger partial charge on any atom is 0.188 e. The molecule has 0 bridgehead atoms. The standard InChI is InChI=1S/C17H16ClNO2/c18-15-6-5-13-7-8-19(16(13)9-15)10-12-1-3-14(4-2-12)17(21)11-20/h1-6,9,20H,7-8,10-11H2. The minimum atomic E-state index is -0.447. The monoisotopic (exact) mass is 301 g/mol. The second-order valence-electron chi connectivity index (χ2n) is 5.22. The summed E-state index contributed by atoms with van der Waals surface area (Å²) >= 11 is 6.08. The number of benzene rings is 2. The Morgan fingerprint density at radius 3 is 2.67 bits per heavy atom. The fourth-order valence-electron chi connectivity index (χ4n) is 2.69. The molecule has 1 aliphatic heterocycles. The highest BCUT2D eigenvalue weighted by Gasteiger charge is 2.19. The van der Waals surface area contributed by atoms with Crippen LogP contribution in [0.25, 0.3) is 0 Å². The number of aliphatic hydroxyl groups excluding tert-OH is 1. The summed E-state index contributed by atoms with van der Waals surface area (Å²) in [5, 5.41) is 9.61. The number of carbonyl (C=O) groups excluding carboxylic acids is 1. The van der Waals surface area contributed by atoms with E-state index in [1.807, 2.05) is 24.3 Å². The molecule has 0 unspecified atom stereocenters.